The third-order valence-electron chi connectivity index (χ3n) is 4.24. The molecule has 0 spiro atoms. The fourth-order valence-corrected chi connectivity index (χ4v) is 3.81. The summed E-state index contributed by atoms with van der Waals surface area (Å²) in [5.74, 6) is 3.04. The normalized spacial score (nSPS) is 10.9. The summed E-state index contributed by atoms with van der Waals surface area (Å²) in [5.41, 5.74) is 0.680. The minimum absolute atomic E-state index is 0.157. The topological polar surface area (TPSA) is 99.6 Å². The zero-order valence-corrected chi connectivity index (χ0v) is 17.4. The predicted octanol–water partition coefficient (Wildman–Crippen LogP) is 4.20. The van der Waals surface area contributed by atoms with Crippen molar-refractivity contribution in [2.24, 2.45) is 0 Å². The van der Waals surface area contributed by atoms with Crippen molar-refractivity contribution in [2.75, 3.05) is 20.0 Å². The fraction of sp³-hybridized carbons (Fsp3) is 0.350. The number of thioether (sulfide) groups is 1. The van der Waals surface area contributed by atoms with Crippen LogP contribution in [0.25, 0.3) is 17.3 Å². The van der Waals surface area contributed by atoms with Crippen molar-refractivity contribution in [3.63, 3.8) is 0 Å². The largest absolute Gasteiger partial charge is 0.494 e. The van der Waals surface area contributed by atoms with Crippen molar-refractivity contribution in [3.05, 3.63) is 36.1 Å². The van der Waals surface area contributed by atoms with Crippen LogP contribution in [0.3, 0.4) is 0 Å². The van der Waals surface area contributed by atoms with E-state index in [1.54, 1.807) is 14.2 Å². The molecule has 0 saturated heterocycles. The Kier molecular flexibility index (Phi) is 6.82. The van der Waals surface area contributed by atoms with Crippen LogP contribution in [0.4, 0.5) is 0 Å². The van der Waals surface area contributed by atoms with Gasteiger partial charge in [0.05, 0.1) is 14.2 Å². The maximum absolute atomic E-state index is 10.7. The summed E-state index contributed by atoms with van der Waals surface area (Å²) in [5, 5.41) is 18.1. The molecule has 2 heterocycles. The highest BCUT2D eigenvalue weighted by Crippen LogP contribution is 2.38. The van der Waals surface area contributed by atoms with Gasteiger partial charge in [0, 0.05) is 12.2 Å². The molecule has 8 nitrogen and oxygen atoms in total. The molecule has 1 aromatic carbocycles. The van der Waals surface area contributed by atoms with Gasteiger partial charge in [0.2, 0.25) is 5.82 Å². The first-order chi connectivity index (χ1) is 14.0. The zero-order chi connectivity index (χ0) is 20.8. The van der Waals surface area contributed by atoms with Gasteiger partial charge in [-0.1, -0.05) is 17.8 Å². The van der Waals surface area contributed by atoms with Crippen LogP contribution in [0, 0.1) is 6.92 Å². The van der Waals surface area contributed by atoms with Gasteiger partial charge in [-0.3, -0.25) is 9.36 Å². The lowest BCUT2D eigenvalue weighted by Gasteiger charge is -2.16. The van der Waals surface area contributed by atoms with E-state index in [4.69, 9.17) is 19.0 Å². The third kappa shape index (κ3) is 4.73. The van der Waals surface area contributed by atoms with E-state index >= 15 is 0 Å². The van der Waals surface area contributed by atoms with Crippen molar-refractivity contribution < 1.29 is 23.8 Å². The summed E-state index contributed by atoms with van der Waals surface area (Å²) in [4.78, 5) is 10.7. The molecule has 1 N–H and O–H groups in total. The van der Waals surface area contributed by atoms with E-state index in [1.807, 2.05) is 41.8 Å². The maximum Gasteiger partial charge on any atom is 0.303 e. The Hall–Kier alpha value is -2.94. The minimum Gasteiger partial charge on any atom is -0.494 e. The van der Waals surface area contributed by atoms with Crippen LogP contribution in [-0.2, 0) is 4.79 Å². The number of carbonyl (C=O) groups is 1. The number of unbranched alkanes of at least 4 members (excludes halogenated alkanes) is 1. The molecule has 0 radical (unpaired) electrons. The number of aryl methyl sites for hydroxylation is 1. The molecule has 0 aliphatic heterocycles. The first-order valence-electron chi connectivity index (χ1n) is 9.13. The zero-order valence-electron chi connectivity index (χ0n) is 16.5. The van der Waals surface area contributed by atoms with E-state index in [0.717, 1.165) is 12.2 Å². The lowest BCUT2D eigenvalue weighted by Crippen LogP contribution is -2.05. The number of benzene rings is 1. The summed E-state index contributed by atoms with van der Waals surface area (Å²) >= 11 is 1.50. The van der Waals surface area contributed by atoms with Crippen LogP contribution in [0.5, 0.6) is 11.5 Å². The highest BCUT2D eigenvalue weighted by molar-refractivity contribution is 7.99. The van der Waals surface area contributed by atoms with Gasteiger partial charge >= 0.3 is 5.97 Å². The molecule has 0 aliphatic rings. The summed E-state index contributed by atoms with van der Waals surface area (Å²) < 4.78 is 18.8. The number of nitrogens with zero attached hydrogens (tertiary/aromatic N) is 3. The van der Waals surface area contributed by atoms with E-state index in [-0.39, 0.29) is 6.42 Å². The van der Waals surface area contributed by atoms with Crippen LogP contribution >= 0.6 is 11.8 Å². The predicted molar refractivity (Wildman–Crippen MR) is 109 cm³/mol. The van der Waals surface area contributed by atoms with E-state index in [0.29, 0.717) is 46.1 Å². The van der Waals surface area contributed by atoms with Gasteiger partial charge in [-0.2, -0.15) is 0 Å². The number of aliphatic carboxylic acids is 1. The summed E-state index contributed by atoms with van der Waals surface area (Å²) in [7, 11) is 3.19. The van der Waals surface area contributed by atoms with Gasteiger partial charge in [-0.25, -0.2) is 0 Å². The van der Waals surface area contributed by atoms with Crippen molar-refractivity contribution in [2.45, 2.75) is 31.3 Å². The van der Waals surface area contributed by atoms with Crippen molar-refractivity contribution >= 4 is 17.7 Å². The number of hydrogen-bond acceptors (Lipinski definition) is 7. The van der Waals surface area contributed by atoms with Gasteiger partial charge in [0.25, 0.3) is 0 Å². The van der Waals surface area contributed by atoms with Gasteiger partial charge < -0.3 is 19.0 Å². The molecule has 0 bridgehead atoms. The number of ether oxygens (including phenoxy) is 2. The van der Waals surface area contributed by atoms with E-state index in [2.05, 4.69) is 10.2 Å². The van der Waals surface area contributed by atoms with Gasteiger partial charge in [-0.05, 0) is 44.0 Å². The van der Waals surface area contributed by atoms with Gasteiger partial charge in [-0.15, -0.1) is 10.2 Å². The molecule has 3 rings (SSSR count). The Morgan fingerprint density at radius 2 is 1.86 bits per heavy atom. The fourth-order valence-electron chi connectivity index (χ4n) is 2.87. The first-order valence-corrected chi connectivity index (χ1v) is 10.1. The molecule has 29 heavy (non-hydrogen) atoms. The summed E-state index contributed by atoms with van der Waals surface area (Å²) in [6, 6.07) is 9.25. The second kappa shape index (κ2) is 9.51. The first kappa shape index (κ1) is 20.8. The average molecular weight is 417 g/mol. The lowest BCUT2D eigenvalue weighted by molar-refractivity contribution is -0.137. The average Bonchev–Trinajstić information content (AvgIpc) is 3.32. The van der Waals surface area contributed by atoms with Crippen LogP contribution in [0.2, 0.25) is 0 Å². The maximum atomic E-state index is 10.7. The molecule has 0 atom stereocenters. The number of methoxy groups -OCH3 is 2. The Morgan fingerprint density at radius 3 is 2.45 bits per heavy atom. The number of carboxylic acids is 1. The van der Waals surface area contributed by atoms with Crippen LogP contribution in [0.1, 0.15) is 25.0 Å². The monoisotopic (exact) mass is 417 g/mol. The van der Waals surface area contributed by atoms with Crippen molar-refractivity contribution in [1.82, 2.24) is 14.8 Å². The van der Waals surface area contributed by atoms with Crippen molar-refractivity contribution in [3.8, 4) is 28.8 Å². The number of para-hydroxylation sites is 1. The third-order valence-corrected chi connectivity index (χ3v) is 5.25. The molecule has 0 aliphatic carbocycles. The van der Waals surface area contributed by atoms with E-state index < -0.39 is 5.97 Å². The molecule has 0 fully saturated rings. The molecule has 2 aromatic heterocycles. The van der Waals surface area contributed by atoms with Crippen LogP contribution in [-0.4, -0.2) is 45.8 Å². The smallest absolute Gasteiger partial charge is 0.303 e. The molecule has 9 heteroatoms. The molecular formula is C20H23N3O5S. The number of rotatable bonds is 10. The SMILES string of the molecule is COc1cccc(OC)c1-n1c(SCCCCC(=O)O)nnc1-c1ccc(C)o1. The highest BCUT2D eigenvalue weighted by atomic mass is 32.2. The number of aromatic nitrogens is 3. The molecule has 154 valence electrons. The number of carboxylic acid groups (broad SMARTS) is 1. The molecular weight excluding hydrogens is 394 g/mol. The lowest BCUT2D eigenvalue weighted by atomic mass is 10.2. The number of hydrogen-bond donors (Lipinski definition) is 1. The minimum atomic E-state index is -0.785. The summed E-state index contributed by atoms with van der Waals surface area (Å²) in [6.07, 6.45) is 1.52. The Bertz CT molecular complexity index is 960. The standard InChI is InChI=1S/C20H23N3O5S/c1-13-10-11-16(28-13)19-21-22-20(29-12-5-4-9-17(24)25)23(19)18-14(26-2)7-6-8-15(18)27-3/h6-8,10-11H,4-5,9,12H2,1-3H3,(H,24,25). The Morgan fingerprint density at radius 1 is 1.14 bits per heavy atom. The Balaban J connectivity index is 2.01. The summed E-state index contributed by atoms with van der Waals surface area (Å²) in [6.45, 7) is 1.87. The second-order valence-electron chi connectivity index (χ2n) is 6.26. The van der Waals surface area contributed by atoms with Gasteiger partial charge in [0.1, 0.15) is 22.9 Å². The molecule has 3 aromatic rings. The Labute approximate surface area is 172 Å². The molecule has 0 saturated carbocycles. The van der Waals surface area contributed by atoms with Crippen molar-refractivity contribution in [1.29, 1.82) is 0 Å². The van der Waals surface area contributed by atoms with Crippen LogP contribution in [0.15, 0.2) is 39.9 Å². The van der Waals surface area contributed by atoms with E-state index in [1.165, 1.54) is 11.8 Å². The van der Waals surface area contributed by atoms with Crippen LogP contribution < -0.4 is 9.47 Å². The highest BCUT2D eigenvalue weighted by Gasteiger charge is 2.24. The number of furan rings is 1. The van der Waals surface area contributed by atoms with Gasteiger partial charge in [0.15, 0.2) is 10.9 Å². The van der Waals surface area contributed by atoms with E-state index in [9.17, 15) is 4.79 Å². The quantitative estimate of drug-likeness (QED) is 0.387. The molecule has 0 amide bonds. The second-order valence-corrected chi connectivity index (χ2v) is 7.32. The molecule has 0 unspecified atom stereocenters.